The molecule has 4 nitrogen and oxygen atoms in total. The number of rotatable bonds is 5. The maximum absolute atomic E-state index is 12.2. The van der Waals surface area contributed by atoms with Crippen molar-refractivity contribution >= 4 is 10.0 Å². The second kappa shape index (κ2) is 5.82. The molecule has 0 heterocycles. The van der Waals surface area contributed by atoms with Crippen molar-refractivity contribution in [2.24, 2.45) is 5.73 Å². The van der Waals surface area contributed by atoms with Gasteiger partial charge in [0.1, 0.15) is 0 Å². The first-order chi connectivity index (χ1) is 8.06. The normalized spacial score (nSPS) is 11.4. The Morgan fingerprint density at radius 2 is 2.18 bits per heavy atom. The predicted molar refractivity (Wildman–Crippen MR) is 67.6 cm³/mol. The third-order valence-electron chi connectivity index (χ3n) is 2.39. The summed E-state index contributed by atoms with van der Waals surface area (Å²) in [7, 11) is -3.51. The molecular formula is C12H16N2O2S. The SMILES string of the molecule is C#CCN(CC)S(=O)(=O)c1cccc(CN)c1. The fourth-order valence-corrected chi connectivity index (χ4v) is 2.88. The van der Waals surface area contributed by atoms with Gasteiger partial charge in [0.05, 0.1) is 11.4 Å². The van der Waals surface area contributed by atoms with Gasteiger partial charge in [-0.1, -0.05) is 25.0 Å². The summed E-state index contributed by atoms with van der Waals surface area (Å²) >= 11 is 0. The van der Waals surface area contributed by atoms with E-state index in [4.69, 9.17) is 12.2 Å². The smallest absolute Gasteiger partial charge is 0.243 e. The Balaban J connectivity index is 3.16. The highest BCUT2D eigenvalue weighted by Gasteiger charge is 2.22. The van der Waals surface area contributed by atoms with E-state index in [0.29, 0.717) is 13.1 Å². The van der Waals surface area contributed by atoms with E-state index in [1.54, 1.807) is 31.2 Å². The molecule has 0 fully saturated rings. The van der Waals surface area contributed by atoms with Gasteiger partial charge < -0.3 is 5.73 Å². The summed E-state index contributed by atoms with van der Waals surface area (Å²) in [6.07, 6.45) is 5.16. The van der Waals surface area contributed by atoms with E-state index in [1.807, 2.05) is 0 Å². The molecule has 0 spiro atoms. The molecule has 0 atom stereocenters. The third kappa shape index (κ3) is 3.07. The first-order valence-electron chi connectivity index (χ1n) is 5.28. The van der Waals surface area contributed by atoms with Crippen LogP contribution < -0.4 is 5.73 Å². The number of nitrogens with two attached hydrogens (primary N) is 1. The van der Waals surface area contributed by atoms with Gasteiger partial charge in [-0.15, -0.1) is 6.42 Å². The van der Waals surface area contributed by atoms with Crippen molar-refractivity contribution in [3.8, 4) is 12.3 Å². The maximum atomic E-state index is 12.2. The maximum Gasteiger partial charge on any atom is 0.243 e. The lowest BCUT2D eigenvalue weighted by Crippen LogP contribution is -2.31. The summed E-state index contributed by atoms with van der Waals surface area (Å²) in [6.45, 7) is 2.48. The molecule has 0 unspecified atom stereocenters. The van der Waals surface area contributed by atoms with Gasteiger partial charge in [-0.2, -0.15) is 4.31 Å². The highest BCUT2D eigenvalue weighted by molar-refractivity contribution is 7.89. The molecule has 0 aliphatic heterocycles. The second-order valence-electron chi connectivity index (χ2n) is 3.49. The van der Waals surface area contributed by atoms with Crippen molar-refractivity contribution in [3.63, 3.8) is 0 Å². The highest BCUT2D eigenvalue weighted by atomic mass is 32.2. The molecule has 5 heteroatoms. The third-order valence-corrected chi connectivity index (χ3v) is 4.31. The molecule has 1 aromatic carbocycles. The monoisotopic (exact) mass is 252 g/mol. The van der Waals surface area contributed by atoms with Crippen LogP contribution in [0.2, 0.25) is 0 Å². The summed E-state index contributed by atoms with van der Waals surface area (Å²) in [5.74, 6) is 2.35. The van der Waals surface area contributed by atoms with Crippen molar-refractivity contribution in [2.75, 3.05) is 13.1 Å². The largest absolute Gasteiger partial charge is 0.326 e. The molecule has 0 aliphatic carbocycles. The first kappa shape index (κ1) is 13.7. The Morgan fingerprint density at radius 1 is 1.47 bits per heavy atom. The van der Waals surface area contributed by atoms with Crippen molar-refractivity contribution in [1.82, 2.24) is 4.31 Å². The van der Waals surface area contributed by atoms with Crippen LogP contribution in [-0.4, -0.2) is 25.8 Å². The van der Waals surface area contributed by atoms with E-state index < -0.39 is 10.0 Å². The number of terminal acetylenes is 1. The Kier molecular flexibility index (Phi) is 4.70. The minimum Gasteiger partial charge on any atom is -0.326 e. The van der Waals surface area contributed by atoms with E-state index in [-0.39, 0.29) is 11.4 Å². The van der Waals surface area contributed by atoms with Crippen LogP contribution in [0.5, 0.6) is 0 Å². The van der Waals surface area contributed by atoms with Crippen molar-refractivity contribution in [3.05, 3.63) is 29.8 Å². The lowest BCUT2D eigenvalue weighted by molar-refractivity contribution is 0.464. The molecule has 0 bridgehead atoms. The molecule has 17 heavy (non-hydrogen) atoms. The Hall–Kier alpha value is -1.35. The summed E-state index contributed by atoms with van der Waals surface area (Å²) in [5, 5.41) is 0. The lowest BCUT2D eigenvalue weighted by atomic mass is 10.2. The van der Waals surface area contributed by atoms with Crippen LogP contribution in [0.25, 0.3) is 0 Å². The number of sulfonamides is 1. The van der Waals surface area contributed by atoms with Gasteiger partial charge in [-0.05, 0) is 17.7 Å². The molecule has 1 aromatic rings. The van der Waals surface area contributed by atoms with E-state index >= 15 is 0 Å². The Bertz CT molecular complexity index is 518. The van der Waals surface area contributed by atoms with Crippen LogP contribution in [0, 0.1) is 12.3 Å². The van der Waals surface area contributed by atoms with Gasteiger partial charge in [0.2, 0.25) is 10.0 Å². The molecule has 2 N–H and O–H groups in total. The number of nitrogens with zero attached hydrogens (tertiary/aromatic N) is 1. The van der Waals surface area contributed by atoms with Crippen LogP contribution in [0.15, 0.2) is 29.2 Å². The van der Waals surface area contributed by atoms with Gasteiger partial charge in [-0.3, -0.25) is 0 Å². The molecule has 0 saturated heterocycles. The minimum absolute atomic E-state index is 0.0751. The molecule has 0 amide bonds. The topological polar surface area (TPSA) is 63.4 Å². The fraction of sp³-hybridized carbons (Fsp3) is 0.333. The Labute approximate surface area is 102 Å². The van der Waals surface area contributed by atoms with Crippen molar-refractivity contribution in [1.29, 1.82) is 0 Å². The molecule has 92 valence electrons. The molecule has 0 radical (unpaired) electrons. The zero-order chi connectivity index (χ0) is 12.9. The highest BCUT2D eigenvalue weighted by Crippen LogP contribution is 2.16. The summed E-state index contributed by atoms with van der Waals surface area (Å²) in [6, 6.07) is 6.59. The average molecular weight is 252 g/mol. The zero-order valence-corrected chi connectivity index (χ0v) is 10.6. The van der Waals surface area contributed by atoms with E-state index in [9.17, 15) is 8.42 Å². The quantitative estimate of drug-likeness (QED) is 0.788. The second-order valence-corrected chi connectivity index (χ2v) is 5.42. The molecule has 1 rings (SSSR count). The molecule has 0 aliphatic rings. The van der Waals surface area contributed by atoms with Crippen LogP contribution in [0.1, 0.15) is 12.5 Å². The van der Waals surface area contributed by atoms with Crippen LogP contribution in [-0.2, 0) is 16.6 Å². The number of hydrogen-bond donors (Lipinski definition) is 1. The van der Waals surface area contributed by atoms with Gasteiger partial charge in [0, 0.05) is 13.1 Å². The average Bonchev–Trinajstić information content (AvgIpc) is 2.35. The van der Waals surface area contributed by atoms with Gasteiger partial charge in [0.15, 0.2) is 0 Å². The summed E-state index contributed by atoms with van der Waals surface area (Å²) in [4.78, 5) is 0.234. The van der Waals surface area contributed by atoms with E-state index in [0.717, 1.165) is 5.56 Å². The van der Waals surface area contributed by atoms with Gasteiger partial charge >= 0.3 is 0 Å². The summed E-state index contributed by atoms with van der Waals surface area (Å²) < 4.78 is 25.7. The fourth-order valence-electron chi connectivity index (χ4n) is 1.45. The number of hydrogen-bond acceptors (Lipinski definition) is 3. The first-order valence-corrected chi connectivity index (χ1v) is 6.73. The number of benzene rings is 1. The predicted octanol–water partition coefficient (Wildman–Crippen LogP) is 0.789. The van der Waals surface area contributed by atoms with Crippen LogP contribution in [0.3, 0.4) is 0 Å². The van der Waals surface area contributed by atoms with Crippen LogP contribution in [0.4, 0.5) is 0 Å². The zero-order valence-electron chi connectivity index (χ0n) is 9.76. The van der Waals surface area contributed by atoms with Crippen LogP contribution >= 0.6 is 0 Å². The van der Waals surface area contributed by atoms with Crippen molar-refractivity contribution < 1.29 is 8.42 Å². The van der Waals surface area contributed by atoms with E-state index in [1.165, 1.54) is 4.31 Å². The van der Waals surface area contributed by atoms with Gasteiger partial charge in [-0.25, -0.2) is 8.42 Å². The molecular weight excluding hydrogens is 236 g/mol. The molecule has 0 aromatic heterocycles. The minimum atomic E-state index is -3.51. The standard InChI is InChI=1S/C12H16N2O2S/c1-3-8-14(4-2)17(15,16)12-7-5-6-11(9-12)10-13/h1,5-7,9H,4,8,10,13H2,2H3. The lowest BCUT2D eigenvalue weighted by Gasteiger charge is -2.18. The van der Waals surface area contributed by atoms with Crippen molar-refractivity contribution in [2.45, 2.75) is 18.4 Å². The summed E-state index contributed by atoms with van der Waals surface area (Å²) in [5.41, 5.74) is 6.27. The Morgan fingerprint density at radius 3 is 2.71 bits per heavy atom. The van der Waals surface area contributed by atoms with E-state index in [2.05, 4.69) is 5.92 Å². The van der Waals surface area contributed by atoms with Gasteiger partial charge in [0.25, 0.3) is 0 Å². The molecule has 0 saturated carbocycles.